The van der Waals surface area contributed by atoms with Gasteiger partial charge in [0.15, 0.2) is 0 Å². The highest BCUT2D eigenvalue weighted by molar-refractivity contribution is 5.85. The fourth-order valence-electron chi connectivity index (χ4n) is 3.57. The molecular formula is C22H34N2O2. The molecule has 1 atom stereocenters. The van der Waals surface area contributed by atoms with E-state index in [4.69, 9.17) is 0 Å². The van der Waals surface area contributed by atoms with Gasteiger partial charge in [0.2, 0.25) is 11.8 Å². The fourth-order valence-corrected chi connectivity index (χ4v) is 3.57. The first kappa shape index (κ1) is 20.5. The van der Waals surface area contributed by atoms with Crippen LogP contribution < -0.4 is 0 Å². The summed E-state index contributed by atoms with van der Waals surface area (Å²) in [6.07, 6.45) is 3.31. The molecule has 1 aliphatic rings. The van der Waals surface area contributed by atoms with Crippen molar-refractivity contribution in [3.63, 3.8) is 0 Å². The maximum absolute atomic E-state index is 13.0. The van der Waals surface area contributed by atoms with Gasteiger partial charge in [0, 0.05) is 19.5 Å². The van der Waals surface area contributed by atoms with Crippen LogP contribution in [0.5, 0.6) is 0 Å². The standard InChI is InChI=1S/C22H34N2O2/c1-6-7-13-23(20(25)15-22(3,4)5)16-21(26)24-14-12-18-10-8-9-11-19(18)17(24)2/h8-11,17H,6-7,12-16H2,1-5H3. The molecule has 0 aromatic heterocycles. The molecule has 1 aliphatic heterocycles. The number of hydrogen-bond acceptors (Lipinski definition) is 2. The molecule has 0 saturated heterocycles. The molecular weight excluding hydrogens is 324 g/mol. The smallest absolute Gasteiger partial charge is 0.242 e. The summed E-state index contributed by atoms with van der Waals surface area (Å²) in [6.45, 7) is 12.0. The van der Waals surface area contributed by atoms with Crippen molar-refractivity contribution >= 4 is 11.8 Å². The summed E-state index contributed by atoms with van der Waals surface area (Å²) < 4.78 is 0. The van der Waals surface area contributed by atoms with Gasteiger partial charge in [-0.15, -0.1) is 0 Å². The zero-order chi connectivity index (χ0) is 19.3. The largest absolute Gasteiger partial charge is 0.334 e. The van der Waals surface area contributed by atoms with Crippen molar-refractivity contribution in [3.8, 4) is 0 Å². The minimum Gasteiger partial charge on any atom is -0.334 e. The van der Waals surface area contributed by atoms with E-state index in [1.807, 2.05) is 11.0 Å². The summed E-state index contributed by atoms with van der Waals surface area (Å²) in [4.78, 5) is 29.4. The van der Waals surface area contributed by atoms with E-state index in [1.165, 1.54) is 11.1 Å². The van der Waals surface area contributed by atoms with Crippen molar-refractivity contribution in [3.05, 3.63) is 35.4 Å². The monoisotopic (exact) mass is 358 g/mol. The minimum absolute atomic E-state index is 0.0605. The van der Waals surface area contributed by atoms with Crippen LogP contribution in [0.4, 0.5) is 0 Å². The molecule has 26 heavy (non-hydrogen) atoms. The SMILES string of the molecule is CCCCN(CC(=O)N1CCc2ccccc2C1C)C(=O)CC(C)(C)C. The van der Waals surface area contributed by atoms with Crippen LogP contribution in [0.2, 0.25) is 0 Å². The lowest BCUT2D eigenvalue weighted by Crippen LogP contribution is -2.46. The third-order valence-corrected chi connectivity index (χ3v) is 5.06. The van der Waals surface area contributed by atoms with Gasteiger partial charge in [0.25, 0.3) is 0 Å². The van der Waals surface area contributed by atoms with Crippen LogP contribution in [0, 0.1) is 5.41 Å². The van der Waals surface area contributed by atoms with Crippen LogP contribution in [-0.2, 0) is 16.0 Å². The second kappa shape index (κ2) is 8.70. The topological polar surface area (TPSA) is 40.6 Å². The van der Waals surface area contributed by atoms with Crippen molar-refractivity contribution in [1.82, 2.24) is 9.80 Å². The third-order valence-electron chi connectivity index (χ3n) is 5.06. The van der Waals surface area contributed by atoms with E-state index < -0.39 is 0 Å². The maximum atomic E-state index is 13.0. The molecule has 1 heterocycles. The van der Waals surface area contributed by atoms with E-state index in [-0.39, 0.29) is 29.8 Å². The second-order valence-electron chi connectivity index (χ2n) is 8.62. The fraction of sp³-hybridized carbons (Fsp3) is 0.636. The summed E-state index contributed by atoms with van der Waals surface area (Å²) in [7, 11) is 0. The van der Waals surface area contributed by atoms with Gasteiger partial charge < -0.3 is 9.80 Å². The van der Waals surface area contributed by atoms with Crippen molar-refractivity contribution in [2.75, 3.05) is 19.6 Å². The first-order valence-corrected chi connectivity index (χ1v) is 9.88. The number of rotatable bonds is 6. The first-order valence-electron chi connectivity index (χ1n) is 9.88. The van der Waals surface area contributed by atoms with Gasteiger partial charge in [0.05, 0.1) is 12.6 Å². The molecule has 1 unspecified atom stereocenters. The van der Waals surface area contributed by atoms with Gasteiger partial charge in [-0.3, -0.25) is 9.59 Å². The van der Waals surface area contributed by atoms with Crippen LogP contribution in [-0.4, -0.2) is 41.2 Å². The molecule has 0 bridgehead atoms. The first-order chi connectivity index (χ1) is 12.2. The van der Waals surface area contributed by atoms with Gasteiger partial charge in [-0.1, -0.05) is 58.4 Å². The Bertz CT molecular complexity index is 633. The van der Waals surface area contributed by atoms with Crippen LogP contribution >= 0.6 is 0 Å². The predicted molar refractivity (Wildman–Crippen MR) is 106 cm³/mol. The van der Waals surface area contributed by atoms with Gasteiger partial charge in [0.1, 0.15) is 0 Å². The van der Waals surface area contributed by atoms with E-state index in [9.17, 15) is 9.59 Å². The van der Waals surface area contributed by atoms with Crippen LogP contribution in [0.1, 0.15) is 71.0 Å². The molecule has 0 spiro atoms. The molecule has 0 radical (unpaired) electrons. The van der Waals surface area contributed by atoms with E-state index in [2.05, 4.69) is 52.8 Å². The summed E-state index contributed by atoms with van der Waals surface area (Å²) in [6, 6.07) is 8.41. The Labute approximate surface area is 158 Å². The minimum atomic E-state index is -0.0675. The number of amides is 2. The summed E-state index contributed by atoms with van der Waals surface area (Å²) in [5, 5.41) is 0. The Hall–Kier alpha value is -1.84. The lowest BCUT2D eigenvalue weighted by atomic mass is 9.91. The molecule has 0 N–H and O–H groups in total. The Morgan fingerprint density at radius 2 is 1.92 bits per heavy atom. The number of carbonyl (C=O) groups is 2. The Morgan fingerprint density at radius 1 is 1.23 bits per heavy atom. The summed E-state index contributed by atoms with van der Waals surface area (Å²) >= 11 is 0. The normalized spacial score (nSPS) is 17.0. The number of carbonyl (C=O) groups excluding carboxylic acids is 2. The Morgan fingerprint density at radius 3 is 2.58 bits per heavy atom. The molecule has 0 aliphatic carbocycles. The third kappa shape index (κ3) is 5.33. The average molecular weight is 359 g/mol. The second-order valence-corrected chi connectivity index (χ2v) is 8.62. The van der Waals surface area contributed by atoms with E-state index in [1.54, 1.807) is 4.90 Å². The van der Waals surface area contributed by atoms with Crippen LogP contribution in [0.15, 0.2) is 24.3 Å². The Balaban J connectivity index is 2.08. The number of hydrogen-bond donors (Lipinski definition) is 0. The van der Waals surface area contributed by atoms with Crippen molar-refractivity contribution < 1.29 is 9.59 Å². The molecule has 4 heteroatoms. The lowest BCUT2D eigenvalue weighted by molar-refractivity contribution is -0.143. The molecule has 144 valence electrons. The van der Waals surface area contributed by atoms with Gasteiger partial charge in [-0.2, -0.15) is 0 Å². The molecule has 4 nitrogen and oxygen atoms in total. The molecule has 0 fully saturated rings. The molecule has 1 aromatic carbocycles. The van der Waals surface area contributed by atoms with E-state index in [0.717, 1.165) is 25.8 Å². The lowest BCUT2D eigenvalue weighted by Gasteiger charge is -2.37. The number of unbranched alkanes of at least 4 members (excludes halogenated alkanes) is 1. The van der Waals surface area contributed by atoms with Crippen molar-refractivity contribution in [2.45, 2.75) is 66.3 Å². The van der Waals surface area contributed by atoms with E-state index >= 15 is 0 Å². The summed E-state index contributed by atoms with van der Waals surface area (Å²) in [5.41, 5.74) is 2.49. The zero-order valence-electron chi connectivity index (χ0n) is 17.0. The van der Waals surface area contributed by atoms with Crippen LogP contribution in [0.25, 0.3) is 0 Å². The predicted octanol–water partition coefficient (Wildman–Crippen LogP) is 4.20. The highest BCUT2D eigenvalue weighted by atomic mass is 16.2. The maximum Gasteiger partial charge on any atom is 0.242 e. The quantitative estimate of drug-likeness (QED) is 0.765. The summed E-state index contributed by atoms with van der Waals surface area (Å²) in [5.74, 6) is 0.148. The zero-order valence-corrected chi connectivity index (χ0v) is 17.0. The number of benzene rings is 1. The van der Waals surface area contributed by atoms with Crippen molar-refractivity contribution in [2.24, 2.45) is 5.41 Å². The number of fused-ring (bicyclic) bond motifs is 1. The highest BCUT2D eigenvalue weighted by Crippen LogP contribution is 2.29. The molecule has 0 saturated carbocycles. The van der Waals surface area contributed by atoms with Gasteiger partial charge >= 0.3 is 0 Å². The van der Waals surface area contributed by atoms with Gasteiger partial charge in [-0.25, -0.2) is 0 Å². The van der Waals surface area contributed by atoms with E-state index in [0.29, 0.717) is 13.0 Å². The van der Waals surface area contributed by atoms with Crippen LogP contribution in [0.3, 0.4) is 0 Å². The molecule has 2 rings (SSSR count). The van der Waals surface area contributed by atoms with Gasteiger partial charge in [-0.05, 0) is 36.3 Å². The highest BCUT2D eigenvalue weighted by Gasteiger charge is 2.30. The van der Waals surface area contributed by atoms with Crippen molar-refractivity contribution in [1.29, 1.82) is 0 Å². The Kier molecular flexibility index (Phi) is 6.85. The average Bonchev–Trinajstić information content (AvgIpc) is 2.57. The molecule has 2 amide bonds. The molecule has 1 aromatic rings. The number of nitrogens with zero attached hydrogens (tertiary/aromatic N) is 2.